The van der Waals surface area contributed by atoms with Crippen LogP contribution >= 0.6 is 15.9 Å². The standard InChI is InChI=1S/C25H39FO2Si.C20H31FOSi.C19H29FO2Si.C18H23FO3.C15H17FO3.C12H13FO3.C3H7Br/c1-8-24(28-25-11-9-10-15-27-25)22-13-12-21(17-23(22)26)14-16-29(18(2)3,19(4)5)20(6)7;1-8-20(22)18-10-9-17(13-19(18)21)11-12-23(14(2)3,15(4)5)16(6)7;1-13(2)23(14(3)4,15(5)6)10-9-16-7-8-17(18(20)11-16)19(22)12-21;1-3-10-20-13-17(22-18-7-5-6-11-21-18)15-9-8-14(4-2)12-16(15)19;1-2-11-6-7-12(13(16)9-11)14(10-17)19-15-5-3-4-8-18-15;1-2-9-3-4-10(11(13)7-9)12(15)8-16-6-5-14;1-2-3-4/h12-13,17-20,24-25H,8-11,15H2,1-7H3;9-10,13-16,20,22H,8H2,1-7H3;7-8,11,13-15,19,21-22H,12H2,1-6H3;2,8-9,12,17-18H,3,5-7,10-11,13H2,1H3;1,6-7,9,14-15,17H,3-5,8,10H2;1,3-4,7,12,14-15H,5-6,8H2;2-3H2,1H3. The zero-order valence-corrected chi connectivity index (χ0v) is 89.7. The number of ether oxygens (including phenoxy) is 8. The first-order valence-electron chi connectivity index (χ1n) is 48.8. The van der Waals surface area contributed by atoms with E-state index < -0.39 is 78.8 Å². The summed E-state index contributed by atoms with van der Waals surface area (Å²) in [5.41, 5.74) is 21.2. The fourth-order valence-corrected chi connectivity index (χ4v) is 33.6. The number of alkyl halides is 1. The third-order valence-electron chi connectivity index (χ3n) is 25.3. The highest BCUT2D eigenvalue weighted by Crippen LogP contribution is 2.44. The summed E-state index contributed by atoms with van der Waals surface area (Å²) < 4.78 is 130. The van der Waals surface area contributed by atoms with Gasteiger partial charge in [-0.25, -0.2) is 26.3 Å². The van der Waals surface area contributed by atoms with Crippen molar-refractivity contribution in [2.75, 3.05) is 71.4 Å². The van der Waals surface area contributed by atoms with Gasteiger partial charge in [0.2, 0.25) is 0 Å². The molecule has 6 N–H and O–H groups in total. The van der Waals surface area contributed by atoms with E-state index in [2.05, 4.69) is 200 Å². The lowest BCUT2D eigenvalue weighted by molar-refractivity contribution is -0.200. The second-order valence-corrected chi connectivity index (χ2v) is 54.9. The van der Waals surface area contributed by atoms with Crippen molar-refractivity contribution in [1.29, 1.82) is 0 Å². The summed E-state index contributed by atoms with van der Waals surface area (Å²) in [6.45, 7) is 50.9. The maximum absolute atomic E-state index is 15.0. The molecule has 0 aromatic heterocycles. The molecule has 14 nitrogen and oxygen atoms in total. The van der Waals surface area contributed by atoms with E-state index in [4.69, 9.17) is 67.4 Å². The zero-order valence-electron chi connectivity index (χ0n) is 85.1. The van der Waals surface area contributed by atoms with Crippen molar-refractivity contribution >= 4 is 40.2 Å². The number of aliphatic hydroxyl groups excluding tert-OH is 6. The van der Waals surface area contributed by atoms with Crippen LogP contribution in [-0.4, -0.2) is 145 Å². The van der Waals surface area contributed by atoms with Crippen molar-refractivity contribution in [3.05, 3.63) is 211 Å². The summed E-state index contributed by atoms with van der Waals surface area (Å²) in [5, 5.41) is 56.9. The topological polar surface area (TPSA) is 195 Å². The second kappa shape index (κ2) is 65.0. The lowest BCUT2D eigenvalue weighted by Gasteiger charge is -2.38. The van der Waals surface area contributed by atoms with Crippen molar-refractivity contribution < 1.29 is 94.9 Å². The van der Waals surface area contributed by atoms with Crippen LogP contribution in [0.15, 0.2) is 109 Å². The van der Waals surface area contributed by atoms with Crippen LogP contribution in [0.25, 0.3) is 0 Å². The molecule has 24 heteroatoms. The number of rotatable bonds is 34. The van der Waals surface area contributed by atoms with Crippen LogP contribution in [0, 0.1) is 106 Å². The van der Waals surface area contributed by atoms with E-state index in [0.717, 1.165) is 81.7 Å². The highest BCUT2D eigenvalue weighted by Gasteiger charge is 2.44. The van der Waals surface area contributed by atoms with Gasteiger partial charge in [0.1, 0.15) is 83.5 Å². The van der Waals surface area contributed by atoms with Gasteiger partial charge in [-0.15, -0.1) is 35.9 Å². The average Bonchev–Trinajstić information content (AvgIpc) is 0.800. The molecule has 0 bridgehead atoms. The Kier molecular flexibility index (Phi) is 58.8. The van der Waals surface area contributed by atoms with Gasteiger partial charge in [0.05, 0.1) is 51.8 Å². The van der Waals surface area contributed by atoms with E-state index >= 15 is 0 Å². The Hall–Kier alpha value is -7.17. The molecule has 3 fully saturated rings. The van der Waals surface area contributed by atoms with E-state index in [1.807, 2.05) is 39.0 Å². The molecular weight excluding hydrogens is 1850 g/mol. The van der Waals surface area contributed by atoms with Gasteiger partial charge in [0.15, 0.2) is 18.9 Å². The first-order valence-corrected chi connectivity index (χ1v) is 56.6. The molecule has 0 aliphatic carbocycles. The largest absolute Gasteiger partial charge is 0.394 e. The smallest absolute Gasteiger partial charge is 0.158 e. The van der Waals surface area contributed by atoms with E-state index in [1.165, 1.54) is 48.9 Å². The summed E-state index contributed by atoms with van der Waals surface area (Å²) in [5.74, 6) is 14.4. The van der Waals surface area contributed by atoms with Crippen molar-refractivity contribution in [1.82, 2.24) is 0 Å². The van der Waals surface area contributed by atoms with Gasteiger partial charge in [0, 0.05) is 98.5 Å². The van der Waals surface area contributed by atoms with Crippen LogP contribution in [-0.2, 0) is 37.9 Å². The Morgan fingerprint density at radius 2 is 0.632 bits per heavy atom. The number of aliphatic hydroxyl groups is 6. The normalized spacial score (nSPS) is 16.3. The molecule has 0 saturated carbocycles. The van der Waals surface area contributed by atoms with Crippen LogP contribution in [0.3, 0.4) is 0 Å². The van der Waals surface area contributed by atoms with Crippen LogP contribution in [0.1, 0.15) is 339 Å². The fraction of sp³-hybridized carbons (Fsp3) is 0.571. The molecular formula is C112H159BrF6O14Si3. The molecule has 0 radical (unpaired) electrons. The van der Waals surface area contributed by atoms with Crippen molar-refractivity contribution in [3.63, 3.8) is 0 Å². The fourth-order valence-electron chi connectivity index (χ4n) is 17.9. The van der Waals surface area contributed by atoms with Gasteiger partial charge in [0.25, 0.3) is 0 Å². The minimum absolute atomic E-state index is 0.0626. The Balaban J connectivity index is 0.000000420. The Labute approximate surface area is 824 Å². The molecule has 752 valence electrons. The lowest BCUT2D eigenvalue weighted by Crippen LogP contribution is -2.43. The summed E-state index contributed by atoms with van der Waals surface area (Å²) in [6.07, 6.45) is 22.4. The number of halogens is 7. The zero-order chi connectivity index (χ0) is 102. The predicted octanol–water partition coefficient (Wildman–Crippen LogP) is 26.5. The molecule has 136 heavy (non-hydrogen) atoms. The summed E-state index contributed by atoms with van der Waals surface area (Å²) in [7, 11) is -5.47. The molecule has 3 heterocycles. The van der Waals surface area contributed by atoms with Crippen LogP contribution < -0.4 is 0 Å². The number of benzene rings is 6. The van der Waals surface area contributed by atoms with Gasteiger partial charge >= 0.3 is 0 Å². The first kappa shape index (κ1) is 123. The molecule has 0 spiro atoms. The lowest BCUT2D eigenvalue weighted by atomic mass is 10.0. The van der Waals surface area contributed by atoms with Gasteiger partial charge < -0.3 is 68.5 Å². The van der Waals surface area contributed by atoms with Gasteiger partial charge in [-0.05, 0) is 206 Å². The molecule has 3 aliphatic rings. The molecule has 6 aromatic rings. The third-order valence-corrected chi connectivity index (χ3v) is 44.9. The Morgan fingerprint density at radius 3 is 0.897 bits per heavy atom. The van der Waals surface area contributed by atoms with Gasteiger partial charge in [-0.2, -0.15) is 0 Å². The SMILES string of the molecule is C#Cc1ccc(C(CO)OC2CCCCO2)c(F)c1.C#Cc1ccc(C(COCCC)OC2CCCCO2)c(F)c1.C#Cc1ccc(C(O)COCCO)c(F)c1.CC(C)[Si](C#Cc1ccc(C(O)CO)c(F)c1)(C(C)C)C(C)C.CCC(O)c1ccc(C#C[Si](C(C)C)(C(C)C)C(C)C)cc1F.CCC(OC1CCCCO1)c1ccc(C#C[Si](C(C)C)(C(C)C)C(C)C)cc1F.CCCBr. The first-order chi connectivity index (χ1) is 64.6. The molecule has 9 rings (SSSR count). The van der Waals surface area contributed by atoms with Crippen LogP contribution in [0.2, 0.25) is 49.9 Å². The number of hydrogen-bond acceptors (Lipinski definition) is 14. The van der Waals surface area contributed by atoms with E-state index in [9.17, 15) is 46.8 Å². The summed E-state index contributed by atoms with van der Waals surface area (Å²) in [4.78, 5) is 0. The molecule has 3 aliphatic heterocycles. The molecule has 3 saturated heterocycles. The van der Waals surface area contributed by atoms with Crippen molar-refractivity contribution in [2.45, 2.75) is 341 Å². The maximum Gasteiger partial charge on any atom is 0.158 e. The summed E-state index contributed by atoms with van der Waals surface area (Å²) in [6, 6.07) is 28.2. The Morgan fingerprint density at radius 1 is 0.353 bits per heavy atom. The van der Waals surface area contributed by atoms with Gasteiger partial charge in [-0.1, -0.05) is 240 Å². The quantitative estimate of drug-likeness (QED) is 0.00734. The maximum atomic E-state index is 15.0. The van der Waals surface area contributed by atoms with E-state index in [0.29, 0.717) is 139 Å². The van der Waals surface area contributed by atoms with Crippen molar-refractivity contribution in [2.24, 2.45) is 0 Å². The second-order valence-electron chi connectivity index (χ2n) is 37.3. The summed E-state index contributed by atoms with van der Waals surface area (Å²) >= 11 is 3.25. The predicted molar refractivity (Wildman–Crippen MR) is 551 cm³/mol. The van der Waals surface area contributed by atoms with Crippen LogP contribution in [0.5, 0.6) is 0 Å². The van der Waals surface area contributed by atoms with E-state index in [-0.39, 0.29) is 80.0 Å². The van der Waals surface area contributed by atoms with Gasteiger partial charge in [-0.3, -0.25) is 0 Å². The third kappa shape index (κ3) is 38.7. The number of terminal acetylenes is 3. The van der Waals surface area contributed by atoms with E-state index in [1.54, 1.807) is 48.5 Å². The minimum Gasteiger partial charge on any atom is -0.394 e. The number of hydrogen-bond donors (Lipinski definition) is 6. The average molecular weight is 2010 g/mol. The Bertz CT molecular complexity index is 4620. The van der Waals surface area contributed by atoms with Crippen molar-refractivity contribution in [3.8, 4) is 71.4 Å². The highest BCUT2D eigenvalue weighted by atomic mass is 79.9. The van der Waals surface area contributed by atoms with Crippen LogP contribution in [0.4, 0.5) is 26.3 Å². The molecule has 9 atom stereocenters. The highest BCUT2D eigenvalue weighted by molar-refractivity contribution is 9.09. The molecule has 6 aromatic carbocycles. The monoisotopic (exact) mass is 2010 g/mol. The minimum atomic E-state index is -1.84. The molecule has 9 unspecified atom stereocenters. The molecule has 0 amide bonds.